The Hall–Kier alpha value is -0.610. The van der Waals surface area contributed by atoms with Gasteiger partial charge in [0.25, 0.3) is 0 Å². The van der Waals surface area contributed by atoms with Crippen molar-refractivity contribution in [1.82, 2.24) is 14.7 Å². The fourth-order valence-electron chi connectivity index (χ4n) is 0.913. The minimum absolute atomic E-state index is 0.459. The molecule has 0 radical (unpaired) electrons. The van der Waals surface area contributed by atoms with Crippen LogP contribution in [-0.2, 0) is 0 Å². The number of rotatable bonds is 3. The van der Waals surface area contributed by atoms with Crippen LogP contribution in [0.5, 0.6) is 0 Å². The van der Waals surface area contributed by atoms with Crippen molar-refractivity contribution in [3.8, 4) is 0 Å². The van der Waals surface area contributed by atoms with E-state index in [4.69, 9.17) is 0 Å². The summed E-state index contributed by atoms with van der Waals surface area (Å²) < 4.78 is 3.24. The molecule has 0 aromatic carbocycles. The van der Waals surface area contributed by atoms with Crippen molar-refractivity contribution >= 4 is 11.9 Å². The van der Waals surface area contributed by atoms with Crippen molar-refractivity contribution in [2.75, 3.05) is 0 Å². The Bertz CT molecular complexity index is 266. The quantitative estimate of drug-likeness (QED) is 0.595. The zero-order chi connectivity index (χ0) is 9.84. The van der Waals surface area contributed by atoms with Crippen molar-refractivity contribution in [1.29, 1.82) is 0 Å². The van der Waals surface area contributed by atoms with Gasteiger partial charge in [-0.2, -0.15) is 0 Å². The lowest BCUT2D eigenvalue weighted by atomic mass is 10.4. The molecule has 0 atom stereocenters. The molecule has 1 aromatic heterocycles. The zero-order valence-electron chi connectivity index (χ0n) is 8.46. The fourth-order valence-corrected chi connectivity index (χ4v) is 1.68. The van der Waals surface area contributed by atoms with Gasteiger partial charge < -0.3 is 0 Å². The molecule has 0 saturated carbocycles. The van der Waals surface area contributed by atoms with Crippen LogP contribution in [0.2, 0.25) is 0 Å². The van der Waals surface area contributed by atoms with Crippen LogP contribution >= 0.6 is 11.9 Å². The number of nitrogens with zero attached hydrogens (tertiary/aromatic N) is 2. The van der Waals surface area contributed by atoms with Crippen LogP contribution in [-0.4, -0.2) is 16.0 Å². The molecule has 3 nitrogen and oxygen atoms in total. The first-order chi connectivity index (χ1) is 6.08. The first-order valence-corrected chi connectivity index (χ1v) is 5.14. The summed E-state index contributed by atoms with van der Waals surface area (Å²) in [6, 6.07) is 2.44. The standard InChI is InChI=1S/C9H15N3S/c1-6(2)12-13-9-5-7(3)10-8(4)11-9/h5-6,12H,1-4H3. The van der Waals surface area contributed by atoms with E-state index in [1.807, 2.05) is 19.9 Å². The van der Waals surface area contributed by atoms with Crippen LogP contribution in [0.1, 0.15) is 25.4 Å². The molecule has 1 heterocycles. The van der Waals surface area contributed by atoms with Gasteiger partial charge in [-0.15, -0.1) is 0 Å². The lowest BCUT2D eigenvalue weighted by Crippen LogP contribution is -2.14. The van der Waals surface area contributed by atoms with Crippen LogP contribution in [0, 0.1) is 13.8 Å². The predicted octanol–water partition coefficient (Wildman–Crippen LogP) is 2.10. The third kappa shape index (κ3) is 3.74. The number of aryl methyl sites for hydroxylation is 2. The van der Waals surface area contributed by atoms with Gasteiger partial charge in [-0.3, -0.25) is 4.72 Å². The number of hydrogen-bond acceptors (Lipinski definition) is 4. The summed E-state index contributed by atoms with van der Waals surface area (Å²) in [6.07, 6.45) is 0. The maximum absolute atomic E-state index is 4.30. The molecule has 0 spiro atoms. The maximum Gasteiger partial charge on any atom is 0.126 e. The van der Waals surface area contributed by atoms with Gasteiger partial charge in [-0.05, 0) is 45.7 Å². The molecule has 1 N–H and O–H groups in total. The first kappa shape index (κ1) is 10.5. The van der Waals surface area contributed by atoms with Crippen molar-refractivity contribution in [3.63, 3.8) is 0 Å². The monoisotopic (exact) mass is 197 g/mol. The highest BCUT2D eigenvalue weighted by Gasteiger charge is 2.00. The Kier molecular flexibility index (Phi) is 3.69. The van der Waals surface area contributed by atoms with Gasteiger partial charge in [0, 0.05) is 11.7 Å². The number of aromatic nitrogens is 2. The highest BCUT2D eigenvalue weighted by molar-refractivity contribution is 7.97. The summed E-state index contributed by atoms with van der Waals surface area (Å²) in [5.41, 5.74) is 1.01. The van der Waals surface area contributed by atoms with E-state index < -0.39 is 0 Å². The Balaban J connectivity index is 2.66. The molecule has 13 heavy (non-hydrogen) atoms. The SMILES string of the molecule is Cc1cc(SNC(C)C)nc(C)n1. The fraction of sp³-hybridized carbons (Fsp3) is 0.556. The Morgan fingerprint density at radius 2 is 2.00 bits per heavy atom. The Morgan fingerprint density at radius 3 is 2.54 bits per heavy atom. The van der Waals surface area contributed by atoms with E-state index in [0.29, 0.717) is 6.04 Å². The van der Waals surface area contributed by atoms with E-state index >= 15 is 0 Å². The molecule has 0 aliphatic carbocycles. The molecule has 0 bridgehead atoms. The van der Waals surface area contributed by atoms with E-state index in [-0.39, 0.29) is 0 Å². The summed E-state index contributed by atoms with van der Waals surface area (Å²) >= 11 is 1.56. The summed E-state index contributed by atoms with van der Waals surface area (Å²) in [5.74, 6) is 0.827. The molecule has 0 saturated heterocycles. The van der Waals surface area contributed by atoms with Gasteiger partial charge in [0.05, 0.1) is 0 Å². The van der Waals surface area contributed by atoms with E-state index in [0.717, 1.165) is 16.5 Å². The zero-order valence-corrected chi connectivity index (χ0v) is 9.27. The number of hydrogen-bond donors (Lipinski definition) is 1. The molecule has 0 fully saturated rings. The molecule has 1 rings (SSSR count). The van der Waals surface area contributed by atoms with Crippen molar-refractivity contribution in [2.45, 2.75) is 38.8 Å². The second-order valence-corrected chi connectivity index (χ2v) is 4.13. The lowest BCUT2D eigenvalue weighted by molar-refractivity contribution is 0.767. The van der Waals surface area contributed by atoms with E-state index in [1.54, 1.807) is 11.9 Å². The molecular weight excluding hydrogens is 182 g/mol. The normalized spacial score (nSPS) is 10.8. The lowest BCUT2D eigenvalue weighted by Gasteiger charge is -2.06. The summed E-state index contributed by atoms with van der Waals surface area (Å²) in [7, 11) is 0. The predicted molar refractivity (Wildman–Crippen MR) is 55.6 cm³/mol. The second-order valence-electron chi connectivity index (χ2n) is 3.27. The topological polar surface area (TPSA) is 37.8 Å². The largest absolute Gasteiger partial charge is 0.256 e. The highest BCUT2D eigenvalue weighted by atomic mass is 32.2. The van der Waals surface area contributed by atoms with Crippen molar-refractivity contribution in [2.24, 2.45) is 0 Å². The van der Waals surface area contributed by atoms with Crippen LogP contribution < -0.4 is 4.72 Å². The Morgan fingerprint density at radius 1 is 1.31 bits per heavy atom. The third-order valence-corrected chi connectivity index (χ3v) is 2.35. The summed E-state index contributed by atoms with van der Waals surface area (Å²) in [4.78, 5) is 8.50. The molecule has 4 heteroatoms. The van der Waals surface area contributed by atoms with Gasteiger partial charge in [-0.1, -0.05) is 0 Å². The van der Waals surface area contributed by atoms with Gasteiger partial charge in [0.15, 0.2) is 0 Å². The third-order valence-electron chi connectivity index (χ3n) is 1.34. The molecule has 0 unspecified atom stereocenters. The smallest absolute Gasteiger partial charge is 0.126 e. The van der Waals surface area contributed by atoms with Gasteiger partial charge in [0.2, 0.25) is 0 Å². The van der Waals surface area contributed by atoms with E-state index in [2.05, 4.69) is 28.5 Å². The average Bonchev–Trinajstić information content (AvgIpc) is 1.99. The maximum atomic E-state index is 4.30. The highest BCUT2D eigenvalue weighted by Crippen LogP contribution is 2.12. The van der Waals surface area contributed by atoms with Crippen LogP contribution in [0.25, 0.3) is 0 Å². The molecule has 0 aliphatic rings. The molecule has 72 valence electrons. The molecule has 1 aromatic rings. The van der Waals surface area contributed by atoms with E-state index in [1.165, 1.54) is 0 Å². The molecule has 0 amide bonds. The van der Waals surface area contributed by atoms with Gasteiger partial charge in [-0.25, -0.2) is 9.97 Å². The minimum atomic E-state index is 0.459. The summed E-state index contributed by atoms with van der Waals surface area (Å²) in [5, 5.41) is 0.985. The van der Waals surface area contributed by atoms with Gasteiger partial charge in [0.1, 0.15) is 10.9 Å². The van der Waals surface area contributed by atoms with Crippen LogP contribution in [0.4, 0.5) is 0 Å². The Labute approximate surface area is 83.5 Å². The minimum Gasteiger partial charge on any atom is -0.256 e. The molecular formula is C9H15N3S. The summed E-state index contributed by atoms with van der Waals surface area (Å²) in [6.45, 7) is 8.10. The average molecular weight is 197 g/mol. The second kappa shape index (κ2) is 4.58. The van der Waals surface area contributed by atoms with Gasteiger partial charge >= 0.3 is 0 Å². The van der Waals surface area contributed by atoms with Crippen molar-refractivity contribution < 1.29 is 0 Å². The van der Waals surface area contributed by atoms with E-state index in [9.17, 15) is 0 Å². The molecule has 0 aliphatic heterocycles. The van der Waals surface area contributed by atoms with Crippen LogP contribution in [0.15, 0.2) is 11.1 Å². The van der Waals surface area contributed by atoms with Crippen LogP contribution in [0.3, 0.4) is 0 Å². The van der Waals surface area contributed by atoms with Crippen molar-refractivity contribution in [3.05, 3.63) is 17.6 Å². The number of nitrogens with one attached hydrogen (secondary N) is 1. The first-order valence-electron chi connectivity index (χ1n) is 4.32.